The van der Waals surface area contributed by atoms with Gasteiger partial charge in [-0.1, -0.05) is 47.6 Å². The van der Waals surface area contributed by atoms with E-state index in [1.165, 1.54) is 18.4 Å². The molecule has 0 aliphatic carbocycles. The summed E-state index contributed by atoms with van der Waals surface area (Å²) in [6.07, 6.45) is 0. The normalized spacial score (nSPS) is 11.8. The number of nitrogens with zero attached hydrogens (tertiary/aromatic N) is 2. The summed E-state index contributed by atoms with van der Waals surface area (Å²) < 4.78 is 31.0. The minimum absolute atomic E-state index is 0.313. The lowest BCUT2D eigenvalue weighted by molar-refractivity contribution is 0.426. The van der Waals surface area contributed by atoms with Crippen LogP contribution in [0, 0.1) is 0 Å². The van der Waals surface area contributed by atoms with Gasteiger partial charge in [0.15, 0.2) is 5.76 Å². The predicted molar refractivity (Wildman–Crippen MR) is 104 cm³/mol. The van der Waals surface area contributed by atoms with Gasteiger partial charge in [-0.2, -0.15) is 11.8 Å². The Labute approximate surface area is 158 Å². The molecule has 0 aliphatic rings. The van der Waals surface area contributed by atoms with Gasteiger partial charge in [0.25, 0.3) is 0 Å². The van der Waals surface area contributed by atoms with Crippen LogP contribution in [0.5, 0.6) is 0 Å². The molecule has 136 valence electrons. The fourth-order valence-corrected chi connectivity index (χ4v) is 4.23. The van der Waals surface area contributed by atoms with E-state index in [0.717, 1.165) is 22.6 Å². The number of sulfonamides is 1. The monoisotopic (exact) mass is 388 g/mol. The Balaban J connectivity index is 1.62. The zero-order valence-corrected chi connectivity index (χ0v) is 16.3. The van der Waals surface area contributed by atoms with E-state index < -0.39 is 10.0 Å². The zero-order chi connectivity index (χ0) is 18.6. The van der Waals surface area contributed by atoms with Crippen molar-refractivity contribution in [3.8, 4) is 11.3 Å². The molecule has 26 heavy (non-hydrogen) atoms. The van der Waals surface area contributed by atoms with Crippen molar-refractivity contribution >= 4 is 21.8 Å². The van der Waals surface area contributed by atoms with Crippen LogP contribution in [-0.2, 0) is 21.5 Å². The van der Waals surface area contributed by atoms with Gasteiger partial charge in [-0.25, -0.2) is 12.7 Å². The van der Waals surface area contributed by atoms with Crippen LogP contribution in [0.15, 0.2) is 70.1 Å². The summed E-state index contributed by atoms with van der Waals surface area (Å²) >= 11 is 1.66. The Morgan fingerprint density at radius 3 is 2.50 bits per heavy atom. The van der Waals surface area contributed by atoms with E-state index in [0.29, 0.717) is 16.4 Å². The molecule has 0 unspecified atom stereocenters. The molecule has 0 saturated carbocycles. The van der Waals surface area contributed by atoms with E-state index in [4.69, 9.17) is 4.52 Å². The van der Waals surface area contributed by atoms with Crippen LogP contribution in [0.1, 0.15) is 11.3 Å². The van der Waals surface area contributed by atoms with Gasteiger partial charge < -0.3 is 4.52 Å². The van der Waals surface area contributed by atoms with Gasteiger partial charge in [-0.15, -0.1) is 0 Å². The summed E-state index contributed by atoms with van der Waals surface area (Å²) in [7, 11) is -0.340. The Hall–Kier alpha value is -2.09. The first-order valence-electron chi connectivity index (χ1n) is 8.07. The lowest BCUT2D eigenvalue weighted by atomic mass is 10.2. The summed E-state index contributed by atoms with van der Waals surface area (Å²) in [5.41, 5.74) is 2.83. The summed E-state index contributed by atoms with van der Waals surface area (Å²) in [5, 5.41) is 4.11. The highest BCUT2D eigenvalue weighted by Crippen LogP contribution is 2.24. The Kier molecular flexibility index (Phi) is 5.80. The fourth-order valence-electron chi connectivity index (χ4n) is 2.40. The average molecular weight is 389 g/mol. The highest BCUT2D eigenvalue weighted by Gasteiger charge is 2.17. The highest BCUT2D eigenvalue weighted by molar-refractivity contribution is 7.97. The Morgan fingerprint density at radius 2 is 1.77 bits per heavy atom. The van der Waals surface area contributed by atoms with E-state index in [2.05, 4.69) is 5.16 Å². The van der Waals surface area contributed by atoms with Gasteiger partial charge in [0.1, 0.15) is 0 Å². The summed E-state index contributed by atoms with van der Waals surface area (Å²) in [6, 6.07) is 18.8. The SMILES string of the molecule is CN(C)S(=O)(=O)c1cccc(CSCc2cc(-c3ccccc3)on2)c1. The molecule has 0 amide bonds. The molecule has 0 fully saturated rings. The highest BCUT2D eigenvalue weighted by atomic mass is 32.2. The lowest BCUT2D eigenvalue weighted by Crippen LogP contribution is -2.22. The third-order valence-electron chi connectivity index (χ3n) is 3.81. The maximum Gasteiger partial charge on any atom is 0.242 e. The van der Waals surface area contributed by atoms with Gasteiger partial charge in [0, 0.05) is 37.2 Å². The minimum atomic E-state index is -3.41. The number of aromatic nitrogens is 1. The van der Waals surface area contributed by atoms with Crippen molar-refractivity contribution < 1.29 is 12.9 Å². The molecule has 5 nitrogen and oxygen atoms in total. The number of hydrogen-bond donors (Lipinski definition) is 0. The van der Waals surface area contributed by atoms with Crippen LogP contribution in [0.2, 0.25) is 0 Å². The summed E-state index contributed by atoms with van der Waals surface area (Å²) in [6.45, 7) is 0. The molecule has 1 heterocycles. The molecule has 1 aromatic heterocycles. The van der Waals surface area contributed by atoms with Crippen molar-refractivity contribution in [1.82, 2.24) is 9.46 Å². The largest absolute Gasteiger partial charge is 0.356 e. The first kappa shape index (κ1) is 18.7. The Morgan fingerprint density at radius 1 is 1.00 bits per heavy atom. The quantitative estimate of drug-likeness (QED) is 0.612. The molecule has 0 N–H and O–H groups in total. The van der Waals surface area contributed by atoms with E-state index in [9.17, 15) is 8.42 Å². The van der Waals surface area contributed by atoms with Crippen molar-refractivity contribution in [3.05, 3.63) is 71.9 Å². The second-order valence-corrected chi connectivity index (χ2v) is 9.11. The third-order valence-corrected chi connectivity index (χ3v) is 6.66. The van der Waals surface area contributed by atoms with Crippen molar-refractivity contribution in [1.29, 1.82) is 0 Å². The third kappa shape index (κ3) is 4.35. The van der Waals surface area contributed by atoms with Crippen LogP contribution in [-0.4, -0.2) is 32.0 Å². The maximum absolute atomic E-state index is 12.2. The molecule has 3 rings (SSSR count). The fraction of sp³-hybridized carbons (Fsp3) is 0.211. The molecule has 2 aromatic carbocycles. The van der Waals surface area contributed by atoms with Crippen molar-refractivity contribution in [2.24, 2.45) is 0 Å². The Bertz CT molecular complexity index is 967. The standard InChI is InChI=1S/C19H20N2O3S2/c1-21(2)26(22,23)18-10-6-7-15(11-18)13-25-14-17-12-19(24-20-17)16-8-4-3-5-9-16/h3-12H,13-14H2,1-2H3. The molecule has 7 heteroatoms. The number of rotatable bonds is 7. The number of thioether (sulfide) groups is 1. The maximum atomic E-state index is 12.2. The van der Waals surface area contributed by atoms with Gasteiger partial charge in [-0.3, -0.25) is 0 Å². The molecular weight excluding hydrogens is 368 g/mol. The molecule has 0 atom stereocenters. The topological polar surface area (TPSA) is 63.4 Å². The van der Waals surface area contributed by atoms with E-state index in [-0.39, 0.29) is 0 Å². The van der Waals surface area contributed by atoms with Gasteiger partial charge in [0.2, 0.25) is 10.0 Å². The second kappa shape index (κ2) is 8.07. The molecule has 0 bridgehead atoms. The van der Waals surface area contributed by atoms with Gasteiger partial charge in [0.05, 0.1) is 10.6 Å². The predicted octanol–water partition coefficient (Wildman–Crippen LogP) is 4.03. The lowest BCUT2D eigenvalue weighted by Gasteiger charge is -2.12. The average Bonchev–Trinajstić information content (AvgIpc) is 3.11. The van der Waals surface area contributed by atoms with Crippen LogP contribution in [0.4, 0.5) is 0 Å². The van der Waals surface area contributed by atoms with Crippen LogP contribution in [0.25, 0.3) is 11.3 Å². The zero-order valence-electron chi connectivity index (χ0n) is 14.6. The molecule has 0 saturated heterocycles. The number of hydrogen-bond acceptors (Lipinski definition) is 5. The van der Waals surface area contributed by atoms with Crippen molar-refractivity contribution in [2.45, 2.75) is 16.4 Å². The molecule has 3 aromatic rings. The molecule has 0 spiro atoms. The number of benzene rings is 2. The summed E-state index contributed by atoms with van der Waals surface area (Å²) in [4.78, 5) is 0.313. The van der Waals surface area contributed by atoms with Gasteiger partial charge in [-0.05, 0) is 17.7 Å². The first-order chi connectivity index (χ1) is 12.5. The van der Waals surface area contributed by atoms with Crippen molar-refractivity contribution in [3.63, 3.8) is 0 Å². The van der Waals surface area contributed by atoms with E-state index in [1.54, 1.807) is 30.0 Å². The second-order valence-electron chi connectivity index (χ2n) is 5.98. The minimum Gasteiger partial charge on any atom is -0.356 e. The van der Waals surface area contributed by atoms with Crippen LogP contribution in [0.3, 0.4) is 0 Å². The first-order valence-corrected chi connectivity index (χ1v) is 10.7. The molecule has 0 radical (unpaired) electrons. The van der Waals surface area contributed by atoms with E-state index >= 15 is 0 Å². The molecule has 0 aliphatic heterocycles. The van der Waals surface area contributed by atoms with Gasteiger partial charge >= 0.3 is 0 Å². The van der Waals surface area contributed by atoms with Crippen molar-refractivity contribution in [2.75, 3.05) is 14.1 Å². The smallest absolute Gasteiger partial charge is 0.242 e. The van der Waals surface area contributed by atoms with Crippen LogP contribution < -0.4 is 0 Å². The van der Waals surface area contributed by atoms with E-state index in [1.807, 2.05) is 42.5 Å². The molecular formula is C19H20N2O3S2. The summed E-state index contributed by atoms with van der Waals surface area (Å²) in [5.74, 6) is 2.14. The van der Waals surface area contributed by atoms with Crippen LogP contribution >= 0.6 is 11.8 Å².